The molecule has 3 aromatic rings. The van der Waals surface area contributed by atoms with Crippen LogP contribution in [0.4, 0.5) is 0 Å². The summed E-state index contributed by atoms with van der Waals surface area (Å²) >= 11 is 0. The Balaban J connectivity index is 2.36. The molecule has 0 aliphatic heterocycles. The zero-order chi connectivity index (χ0) is 21.3. The highest BCUT2D eigenvalue weighted by atomic mass is 16.3. The third-order valence-electron chi connectivity index (χ3n) is 5.59. The number of hydrogen-bond donors (Lipinski definition) is 2. The second kappa shape index (κ2) is 8.32. The summed E-state index contributed by atoms with van der Waals surface area (Å²) in [7, 11) is 0. The lowest BCUT2D eigenvalue weighted by Crippen LogP contribution is -2.03. The fourth-order valence-corrected chi connectivity index (χ4v) is 4.33. The van der Waals surface area contributed by atoms with Gasteiger partial charge in [-0.15, -0.1) is 0 Å². The highest BCUT2D eigenvalue weighted by Gasteiger charge is 2.25. The van der Waals surface area contributed by atoms with Gasteiger partial charge in [-0.3, -0.25) is 0 Å². The van der Waals surface area contributed by atoms with Gasteiger partial charge in [-0.2, -0.15) is 0 Å². The molecule has 0 bridgehead atoms. The van der Waals surface area contributed by atoms with Gasteiger partial charge in [0.15, 0.2) is 0 Å². The van der Waals surface area contributed by atoms with Crippen LogP contribution in [0.2, 0.25) is 0 Å². The van der Waals surface area contributed by atoms with Gasteiger partial charge in [0, 0.05) is 5.56 Å². The number of phenolic OH excluding ortho intramolecular Hbond substituents is 2. The predicted molar refractivity (Wildman–Crippen MR) is 123 cm³/mol. The minimum absolute atomic E-state index is 0.111. The first kappa shape index (κ1) is 21.0. The lowest BCUT2D eigenvalue weighted by Gasteiger charge is -2.24. The summed E-state index contributed by atoms with van der Waals surface area (Å²) in [6.45, 7) is 12.9. The SMILES string of the molecule is CC(C)c1cccc(-c2c(O)cc(-c3ccccc3)c(C(C)C)c2O)c1C(C)C. The van der Waals surface area contributed by atoms with Crippen LogP contribution in [0.5, 0.6) is 11.5 Å². The van der Waals surface area contributed by atoms with Gasteiger partial charge in [-0.25, -0.2) is 0 Å². The standard InChI is InChI=1S/C27H32O2/c1-16(2)20-13-10-14-21(24(20)17(3)4)26-23(28)15-22(19-11-8-7-9-12-19)25(18(5)6)27(26)29/h7-18,28-29H,1-6H3. The van der Waals surface area contributed by atoms with E-state index < -0.39 is 0 Å². The quantitative estimate of drug-likeness (QED) is 0.468. The van der Waals surface area contributed by atoms with Gasteiger partial charge in [0.25, 0.3) is 0 Å². The van der Waals surface area contributed by atoms with Crippen LogP contribution in [0.1, 0.15) is 76.0 Å². The highest BCUT2D eigenvalue weighted by Crippen LogP contribution is 2.49. The Hall–Kier alpha value is -2.74. The van der Waals surface area contributed by atoms with Crippen LogP contribution in [-0.4, -0.2) is 10.2 Å². The van der Waals surface area contributed by atoms with Gasteiger partial charge >= 0.3 is 0 Å². The normalized spacial score (nSPS) is 11.6. The van der Waals surface area contributed by atoms with E-state index in [4.69, 9.17) is 0 Å². The number of rotatable bonds is 5. The van der Waals surface area contributed by atoms with Crippen LogP contribution in [0.3, 0.4) is 0 Å². The third kappa shape index (κ3) is 3.89. The Kier molecular flexibility index (Phi) is 6.02. The summed E-state index contributed by atoms with van der Waals surface area (Å²) < 4.78 is 0. The van der Waals surface area contributed by atoms with Gasteiger partial charge in [0.1, 0.15) is 11.5 Å². The third-order valence-corrected chi connectivity index (χ3v) is 5.59. The Labute approximate surface area is 174 Å². The van der Waals surface area contributed by atoms with E-state index in [1.807, 2.05) is 48.5 Å². The van der Waals surface area contributed by atoms with Gasteiger partial charge in [0.05, 0.1) is 5.56 Å². The zero-order valence-corrected chi connectivity index (χ0v) is 18.3. The van der Waals surface area contributed by atoms with Crippen molar-refractivity contribution in [2.24, 2.45) is 0 Å². The maximum atomic E-state index is 11.4. The fraction of sp³-hybridized carbons (Fsp3) is 0.333. The van der Waals surface area contributed by atoms with Gasteiger partial charge in [-0.05, 0) is 51.6 Å². The summed E-state index contributed by atoms with van der Waals surface area (Å²) in [4.78, 5) is 0. The van der Waals surface area contributed by atoms with Crippen molar-refractivity contribution in [1.29, 1.82) is 0 Å². The summed E-state index contributed by atoms with van der Waals surface area (Å²) in [5.41, 5.74) is 6.65. The molecule has 0 unspecified atom stereocenters. The number of phenols is 2. The van der Waals surface area contributed by atoms with E-state index in [1.54, 1.807) is 0 Å². The largest absolute Gasteiger partial charge is 0.507 e. The van der Waals surface area contributed by atoms with E-state index in [-0.39, 0.29) is 23.3 Å². The molecule has 29 heavy (non-hydrogen) atoms. The van der Waals surface area contributed by atoms with Crippen LogP contribution in [-0.2, 0) is 0 Å². The molecule has 2 nitrogen and oxygen atoms in total. The lowest BCUT2D eigenvalue weighted by atomic mass is 9.81. The summed E-state index contributed by atoms with van der Waals surface area (Å²) in [6.07, 6.45) is 0. The monoisotopic (exact) mass is 388 g/mol. The molecule has 0 saturated carbocycles. The van der Waals surface area contributed by atoms with Crippen molar-refractivity contribution >= 4 is 0 Å². The van der Waals surface area contributed by atoms with E-state index >= 15 is 0 Å². The molecule has 3 aromatic carbocycles. The molecule has 0 aromatic heterocycles. The molecule has 0 atom stereocenters. The lowest BCUT2D eigenvalue weighted by molar-refractivity contribution is 0.448. The van der Waals surface area contributed by atoms with Crippen LogP contribution < -0.4 is 0 Å². The summed E-state index contributed by atoms with van der Waals surface area (Å²) in [5, 5.41) is 22.5. The van der Waals surface area contributed by atoms with Crippen LogP contribution in [0.25, 0.3) is 22.3 Å². The van der Waals surface area contributed by atoms with E-state index in [0.717, 1.165) is 22.3 Å². The number of benzene rings is 3. The molecule has 0 aliphatic carbocycles. The molecule has 0 radical (unpaired) electrons. The van der Waals surface area contributed by atoms with E-state index in [0.29, 0.717) is 11.5 Å². The maximum Gasteiger partial charge on any atom is 0.131 e. The van der Waals surface area contributed by atoms with Crippen LogP contribution in [0, 0.1) is 0 Å². The molecule has 0 heterocycles. The second-order valence-corrected chi connectivity index (χ2v) is 8.72. The molecule has 2 heteroatoms. The molecule has 0 saturated heterocycles. The first-order valence-corrected chi connectivity index (χ1v) is 10.5. The van der Waals surface area contributed by atoms with Crippen LogP contribution in [0.15, 0.2) is 54.6 Å². The van der Waals surface area contributed by atoms with E-state index in [2.05, 4.69) is 47.6 Å². The van der Waals surface area contributed by atoms with Gasteiger partial charge in [-0.1, -0.05) is 90.1 Å². The molecule has 0 fully saturated rings. The molecule has 0 spiro atoms. The van der Waals surface area contributed by atoms with Crippen molar-refractivity contribution in [3.63, 3.8) is 0 Å². The predicted octanol–water partition coefficient (Wildman–Crippen LogP) is 7.80. The minimum Gasteiger partial charge on any atom is -0.507 e. The van der Waals surface area contributed by atoms with Gasteiger partial charge in [0.2, 0.25) is 0 Å². The molecule has 2 N–H and O–H groups in total. The van der Waals surface area contributed by atoms with E-state index in [9.17, 15) is 10.2 Å². The second-order valence-electron chi connectivity index (χ2n) is 8.72. The van der Waals surface area contributed by atoms with Crippen molar-refractivity contribution in [3.8, 4) is 33.8 Å². The average Bonchev–Trinajstić information content (AvgIpc) is 2.67. The maximum absolute atomic E-state index is 11.4. The van der Waals surface area contributed by atoms with Crippen LogP contribution >= 0.6 is 0 Å². The van der Waals surface area contributed by atoms with Crippen molar-refractivity contribution < 1.29 is 10.2 Å². The molecule has 3 rings (SSSR count). The van der Waals surface area contributed by atoms with Crippen molar-refractivity contribution in [1.82, 2.24) is 0 Å². The first-order valence-electron chi connectivity index (χ1n) is 10.5. The minimum atomic E-state index is 0.111. The molecule has 0 amide bonds. The van der Waals surface area contributed by atoms with Gasteiger partial charge < -0.3 is 10.2 Å². The van der Waals surface area contributed by atoms with Crippen molar-refractivity contribution in [2.75, 3.05) is 0 Å². The first-order chi connectivity index (χ1) is 13.7. The van der Waals surface area contributed by atoms with E-state index in [1.165, 1.54) is 11.1 Å². The summed E-state index contributed by atoms with van der Waals surface area (Å²) in [5.74, 6) is 1.05. The number of hydrogen-bond acceptors (Lipinski definition) is 2. The average molecular weight is 389 g/mol. The van der Waals surface area contributed by atoms with Crippen molar-refractivity contribution in [3.05, 3.63) is 71.3 Å². The molecule has 152 valence electrons. The topological polar surface area (TPSA) is 40.5 Å². The molecular weight excluding hydrogens is 356 g/mol. The molecular formula is C27H32O2. The Morgan fingerprint density at radius 2 is 1.24 bits per heavy atom. The Morgan fingerprint density at radius 3 is 1.79 bits per heavy atom. The Morgan fingerprint density at radius 1 is 0.621 bits per heavy atom. The smallest absolute Gasteiger partial charge is 0.131 e. The van der Waals surface area contributed by atoms with Crippen molar-refractivity contribution in [2.45, 2.75) is 59.3 Å². The molecule has 0 aliphatic rings. The fourth-order valence-electron chi connectivity index (χ4n) is 4.33. The number of aromatic hydroxyl groups is 2. The summed E-state index contributed by atoms with van der Waals surface area (Å²) in [6, 6.07) is 18.0. The Bertz CT molecular complexity index is 999. The highest BCUT2D eigenvalue weighted by molar-refractivity contribution is 5.87. The zero-order valence-electron chi connectivity index (χ0n) is 18.3.